The van der Waals surface area contributed by atoms with Gasteiger partial charge in [-0.3, -0.25) is 4.79 Å². The van der Waals surface area contributed by atoms with E-state index in [2.05, 4.69) is 5.32 Å². The van der Waals surface area contributed by atoms with Crippen molar-refractivity contribution in [3.63, 3.8) is 0 Å². The number of amides is 1. The maximum absolute atomic E-state index is 13.6. The summed E-state index contributed by atoms with van der Waals surface area (Å²) >= 11 is 0. The molecule has 1 aromatic rings. The number of halogens is 3. The predicted molar refractivity (Wildman–Crippen MR) is 74.1 cm³/mol. The molecule has 110 valence electrons. The highest BCUT2D eigenvalue weighted by Crippen LogP contribution is 2.22. The zero-order valence-electron chi connectivity index (χ0n) is 10.9. The first kappa shape index (κ1) is 15.2. The molecule has 3 nitrogen and oxygen atoms in total. The Hall–Kier alpha value is -1.20. The van der Waals surface area contributed by atoms with Crippen LogP contribution in [0.2, 0.25) is 0 Å². The fraction of sp³-hybridized carbons (Fsp3) is 0.500. The summed E-state index contributed by atoms with van der Waals surface area (Å²) in [7, 11) is 0. The molecule has 1 aromatic carbocycles. The third-order valence-corrected chi connectivity index (χ3v) is 3.97. The van der Waals surface area contributed by atoms with E-state index in [-0.39, 0.29) is 24.0 Å². The van der Waals surface area contributed by atoms with Crippen LogP contribution < -0.4 is 5.32 Å². The molecule has 2 aliphatic heterocycles. The second kappa shape index (κ2) is 6.06. The third-order valence-electron chi connectivity index (χ3n) is 3.97. The number of carbonyl (C=O) groups is 1. The van der Waals surface area contributed by atoms with Crippen LogP contribution >= 0.6 is 12.4 Å². The standard InChI is InChI=1S/C14H16F2N2O.ClH/c15-9-1-4-13(16)12(7-9)14(19)18-6-5-10-2-3-11(8-18)17-10;/h1,4,7,10-11,17H,2-3,5-6,8H2;1H. The number of likely N-dealkylation sites (tertiary alicyclic amines) is 1. The van der Waals surface area contributed by atoms with Crippen molar-refractivity contribution >= 4 is 18.3 Å². The summed E-state index contributed by atoms with van der Waals surface area (Å²) in [6.45, 7) is 1.17. The van der Waals surface area contributed by atoms with Crippen LogP contribution in [0.5, 0.6) is 0 Å². The number of benzene rings is 1. The van der Waals surface area contributed by atoms with Crippen LogP contribution in [-0.4, -0.2) is 36.0 Å². The zero-order valence-corrected chi connectivity index (χ0v) is 11.8. The van der Waals surface area contributed by atoms with Gasteiger partial charge in [0.1, 0.15) is 11.6 Å². The number of hydrogen-bond donors (Lipinski definition) is 1. The highest BCUT2D eigenvalue weighted by molar-refractivity contribution is 5.94. The van der Waals surface area contributed by atoms with Gasteiger partial charge in [0.2, 0.25) is 0 Å². The van der Waals surface area contributed by atoms with Crippen molar-refractivity contribution < 1.29 is 13.6 Å². The minimum absolute atomic E-state index is 0. The van der Waals surface area contributed by atoms with Crippen LogP contribution in [0.3, 0.4) is 0 Å². The predicted octanol–water partition coefficient (Wildman–Crippen LogP) is 2.35. The molecule has 2 unspecified atom stereocenters. The van der Waals surface area contributed by atoms with Crippen molar-refractivity contribution in [3.05, 3.63) is 35.4 Å². The summed E-state index contributed by atoms with van der Waals surface area (Å²) in [6, 6.07) is 3.75. The van der Waals surface area contributed by atoms with Gasteiger partial charge in [-0.2, -0.15) is 0 Å². The van der Waals surface area contributed by atoms with Crippen molar-refractivity contribution in [2.45, 2.75) is 31.3 Å². The zero-order chi connectivity index (χ0) is 13.4. The van der Waals surface area contributed by atoms with E-state index in [0.717, 1.165) is 37.5 Å². The molecule has 2 saturated heterocycles. The van der Waals surface area contributed by atoms with Crippen LogP contribution in [-0.2, 0) is 0 Å². The molecule has 0 aliphatic carbocycles. The average Bonchev–Trinajstić information content (AvgIpc) is 2.71. The average molecular weight is 303 g/mol. The van der Waals surface area contributed by atoms with E-state index in [1.165, 1.54) is 0 Å². The van der Waals surface area contributed by atoms with E-state index < -0.39 is 17.5 Å². The van der Waals surface area contributed by atoms with E-state index in [0.29, 0.717) is 19.1 Å². The van der Waals surface area contributed by atoms with Gasteiger partial charge in [0.05, 0.1) is 5.56 Å². The molecule has 3 rings (SSSR count). The normalized spacial score (nSPS) is 25.0. The lowest BCUT2D eigenvalue weighted by Gasteiger charge is -2.24. The van der Waals surface area contributed by atoms with E-state index in [1.807, 2.05) is 0 Å². The minimum atomic E-state index is -0.659. The Bertz CT molecular complexity index is 512. The molecule has 0 saturated carbocycles. The van der Waals surface area contributed by atoms with Crippen molar-refractivity contribution in [2.24, 2.45) is 0 Å². The van der Waals surface area contributed by atoms with Crippen LogP contribution in [0, 0.1) is 11.6 Å². The number of fused-ring (bicyclic) bond motifs is 2. The maximum atomic E-state index is 13.6. The Morgan fingerprint density at radius 2 is 1.95 bits per heavy atom. The first-order valence-electron chi connectivity index (χ1n) is 6.64. The molecule has 0 spiro atoms. The lowest BCUT2D eigenvalue weighted by Crippen LogP contribution is -2.39. The van der Waals surface area contributed by atoms with Gasteiger partial charge in [-0.15, -0.1) is 12.4 Å². The third kappa shape index (κ3) is 2.94. The summed E-state index contributed by atoms with van der Waals surface area (Å²) in [5.41, 5.74) is -0.169. The smallest absolute Gasteiger partial charge is 0.256 e. The number of nitrogens with one attached hydrogen (secondary N) is 1. The Morgan fingerprint density at radius 3 is 2.75 bits per heavy atom. The molecule has 2 atom stereocenters. The summed E-state index contributed by atoms with van der Waals surface area (Å²) < 4.78 is 26.8. The van der Waals surface area contributed by atoms with Crippen LogP contribution in [0.25, 0.3) is 0 Å². The molecule has 2 fully saturated rings. The molecule has 0 radical (unpaired) electrons. The molecule has 2 aliphatic rings. The largest absolute Gasteiger partial charge is 0.337 e. The number of rotatable bonds is 1. The van der Waals surface area contributed by atoms with Gasteiger partial charge < -0.3 is 10.2 Å². The quantitative estimate of drug-likeness (QED) is 0.864. The monoisotopic (exact) mass is 302 g/mol. The van der Waals surface area contributed by atoms with Gasteiger partial charge in [-0.1, -0.05) is 0 Å². The Balaban J connectivity index is 0.00000147. The highest BCUT2D eigenvalue weighted by Gasteiger charge is 2.32. The lowest BCUT2D eigenvalue weighted by molar-refractivity contribution is 0.0743. The number of carbonyl (C=O) groups excluding carboxylic acids is 1. The summed E-state index contributed by atoms with van der Waals surface area (Å²) in [4.78, 5) is 13.9. The van der Waals surface area contributed by atoms with Crippen LogP contribution in [0.4, 0.5) is 8.78 Å². The summed E-state index contributed by atoms with van der Waals surface area (Å²) in [5.74, 6) is -1.65. The van der Waals surface area contributed by atoms with E-state index in [4.69, 9.17) is 0 Å². The number of nitrogens with zero attached hydrogens (tertiary/aromatic N) is 1. The molecule has 2 heterocycles. The lowest BCUT2D eigenvalue weighted by atomic mass is 10.1. The van der Waals surface area contributed by atoms with Gasteiger partial charge in [-0.05, 0) is 37.5 Å². The van der Waals surface area contributed by atoms with E-state index in [1.54, 1.807) is 4.90 Å². The van der Waals surface area contributed by atoms with Crippen LogP contribution in [0.1, 0.15) is 29.6 Å². The van der Waals surface area contributed by atoms with Gasteiger partial charge in [0, 0.05) is 25.2 Å². The van der Waals surface area contributed by atoms with Crippen LogP contribution in [0.15, 0.2) is 18.2 Å². The number of hydrogen-bond acceptors (Lipinski definition) is 2. The first-order chi connectivity index (χ1) is 9.13. The SMILES string of the molecule is Cl.O=C(c1cc(F)ccc1F)N1CCC2CCC(C1)N2. The van der Waals surface area contributed by atoms with Gasteiger partial charge in [0.25, 0.3) is 5.91 Å². The Morgan fingerprint density at radius 1 is 1.20 bits per heavy atom. The van der Waals surface area contributed by atoms with E-state index in [9.17, 15) is 13.6 Å². The molecule has 6 heteroatoms. The molecule has 20 heavy (non-hydrogen) atoms. The topological polar surface area (TPSA) is 32.3 Å². The first-order valence-corrected chi connectivity index (χ1v) is 6.64. The molecule has 0 aromatic heterocycles. The molecular weight excluding hydrogens is 286 g/mol. The van der Waals surface area contributed by atoms with Gasteiger partial charge in [0.15, 0.2) is 0 Å². The molecule has 1 N–H and O–H groups in total. The second-order valence-corrected chi connectivity index (χ2v) is 5.30. The Kier molecular flexibility index (Phi) is 4.60. The van der Waals surface area contributed by atoms with Crippen molar-refractivity contribution in [2.75, 3.05) is 13.1 Å². The maximum Gasteiger partial charge on any atom is 0.256 e. The Labute approximate surface area is 122 Å². The van der Waals surface area contributed by atoms with Crippen molar-refractivity contribution in [3.8, 4) is 0 Å². The summed E-state index contributed by atoms with van der Waals surface area (Å²) in [6.07, 6.45) is 3.06. The molecule has 1 amide bonds. The molecule has 2 bridgehead atoms. The fourth-order valence-corrected chi connectivity index (χ4v) is 2.96. The van der Waals surface area contributed by atoms with Crippen molar-refractivity contribution in [1.29, 1.82) is 0 Å². The van der Waals surface area contributed by atoms with Crippen molar-refractivity contribution in [1.82, 2.24) is 10.2 Å². The van der Waals surface area contributed by atoms with Gasteiger partial charge >= 0.3 is 0 Å². The van der Waals surface area contributed by atoms with Gasteiger partial charge in [-0.25, -0.2) is 8.78 Å². The minimum Gasteiger partial charge on any atom is -0.337 e. The summed E-state index contributed by atoms with van der Waals surface area (Å²) in [5, 5.41) is 3.45. The second-order valence-electron chi connectivity index (χ2n) is 5.30. The highest BCUT2D eigenvalue weighted by atomic mass is 35.5. The van der Waals surface area contributed by atoms with E-state index >= 15 is 0 Å². The molecular formula is C14H17ClF2N2O. The fourth-order valence-electron chi connectivity index (χ4n) is 2.96.